The molecule has 5 heterocycles. The molecule has 0 N–H and O–H groups in total. The second-order valence-corrected chi connectivity index (χ2v) is 11.4. The van der Waals surface area contributed by atoms with Crippen molar-refractivity contribution in [2.24, 2.45) is 5.92 Å². The first kappa shape index (κ1) is 23.7. The van der Waals surface area contributed by atoms with Gasteiger partial charge in [0.2, 0.25) is 5.91 Å². The van der Waals surface area contributed by atoms with Gasteiger partial charge in [-0.15, -0.1) is 11.8 Å². The van der Waals surface area contributed by atoms with E-state index in [0.29, 0.717) is 16.7 Å². The molecule has 36 heavy (non-hydrogen) atoms. The van der Waals surface area contributed by atoms with E-state index in [2.05, 4.69) is 30.8 Å². The number of carbonyl (C=O) groups is 1. The van der Waals surface area contributed by atoms with Crippen LogP contribution in [0.3, 0.4) is 0 Å². The second kappa shape index (κ2) is 10.3. The van der Waals surface area contributed by atoms with E-state index >= 15 is 0 Å². The highest BCUT2D eigenvalue weighted by atomic mass is 32.2. The van der Waals surface area contributed by atoms with Crippen LogP contribution in [0.5, 0.6) is 0 Å². The van der Waals surface area contributed by atoms with E-state index in [4.69, 9.17) is 4.98 Å². The number of amides is 1. The van der Waals surface area contributed by atoms with Gasteiger partial charge in [0.05, 0.1) is 11.0 Å². The van der Waals surface area contributed by atoms with Crippen LogP contribution in [0.2, 0.25) is 0 Å². The Morgan fingerprint density at radius 1 is 1.06 bits per heavy atom. The van der Waals surface area contributed by atoms with Crippen molar-refractivity contribution in [3.8, 4) is 11.5 Å². The largest absolute Gasteiger partial charge is 0.342 e. The van der Waals surface area contributed by atoms with E-state index in [1.807, 2.05) is 36.0 Å². The van der Waals surface area contributed by atoms with Gasteiger partial charge in [0.1, 0.15) is 11.5 Å². The molecule has 1 aromatic carbocycles. The van der Waals surface area contributed by atoms with Crippen LogP contribution in [0, 0.1) is 11.7 Å². The van der Waals surface area contributed by atoms with Crippen LogP contribution in [0.1, 0.15) is 38.1 Å². The Kier molecular flexibility index (Phi) is 6.80. The van der Waals surface area contributed by atoms with E-state index in [0.717, 1.165) is 75.4 Å². The van der Waals surface area contributed by atoms with Crippen molar-refractivity contribution in [1.82, 2.24) is 24.3 Å². The standard InChI is InChI=1S/C28H32FN5OS/c29-21-6-7-26-25(18-21)31-27(24-5-1-2-12-30-24)34(26)22-10-15-33(16-11-22)28(35)20-8-13-32(14-9-20)19-23-4-3-17-36-23/h1-3,5-7,12,17-18,20,22-23H,4,8-11,13-16,19H2. The SMILES string of the molecule is O=C(C1CCN(CC2CC=CS2)CC1)N1CCC(n2c(-c3ccccn3)nc3cc(F)ccc32)CC1. The fraction of sp³-hybridized carbons (Fsp3) is 0.464. The molecule has 3 aliphatic rings. The van der Waals surface area contributed by atoms with Crippen LogP contribution in [-0.2, 0) is 4.79 Å². The van der Waals surface area contributed by atoms with E-state index in [1.165, 1.54) is 18.6 Å². The molecule has 2 fully saturated rings. The Labute approximate surface area is 215 Å². The Morgan fingerprint density at radius 3 is 2.61 bits per heavy atom. The Balaban J connectivity index is 1.12. The van der Waals surface area contributed by atoms with Crippen molar-refractivity contribution in [1.29, 1.82) is 0 Å². The lowest BCUT2D eigenvalue weighted by Crippen LogP contribution is -2.46. The lowest BCUT2D eigenvalue weighted by Gasteiger charge is -2.38. The Bertz CT molecular complexity index is 1240. The summed E-state index contributed by atoms with van der Waals surface area (Å²) < 4.78 is 16.2. The first-order chi connectivity index (χ1) is 17.7. The summed E-state index contributed by atoms with van der Waals surface area (Å²) in [4.78, 5) is 27.2. The molecule has 3 aliphatic heterocycles. The highest BCUT2D eigenvalue weighted by Gasteiger charge is 2.33. The minimum absolute atomic E-state index is 0.147. The number of allylic oxidation sites excluding steroid dienone is 1. The number of likely N-dealkylation sites (tertiary alicyclic amines) is 2. The highest BCUT2D eigenvalue weighted by Crippen LogP contribution is 2.34. The van der Waals surface area contributed by atoms with E-state index in [1.54, 1.807) is 6.20 Å². The number of hydrogen-bond acceptors (Lipinski definition) is 5. The van der Waals surface area contributed by atoms with Gasteiger partial charge in [-0.2, -0.15) is 0 Å². The van der Waals surface area contributed by atoms with Crippen molar-refractivity contribution in [3.63, 3.8) is 0 Å². The maximum absolute atomic E-state index is 13.9. The number of imidazole rings is 1. The van der Waals surface area contributed by atoms with Crippen molar-refractivity contribution in [3.05, 3.63) is 59.9 Å². The van der Waals surface area contributed by atoms with E-state index in [9.17, 15) is 9.18 Å². The molecule has 2 aromatic heterocycles. The lowest BCUT2D eigenvalue weighted by atomic mass is 9.93. The molecule has 6 nitrogen and oxygen atoms in total. The Hall–Kier alpha value is -2.71. The molecule has 0 saturated carbocycles. The monoisotopic (exact) mass is 505 g/mol. The first-order valence-corrected chi connectivity index (χ1v) is 14.0. The molecular weight excluding hydrogens is 473 g/mol. The highest BCUT2D eigenvalue weighted by molar-refractivity contribution is 8.03. The predicted octanol–water partition coefficient (Wildman–Crippen LogP) is 5.13. The number of pyridine rings is 1. The number of piperidine rings is 2. The molecule has 0 spiro atoms. The van der Waals surface area contributed by atoms with Gasteiger partial charge in [-0.05, 0) is 74.9 Å². The summed E-state index contributed by atoms with van der Waals surface area (Å²) in [6.07, 6.45) is 8.84. The number of carbonyl (C=O) groups excluding carboxylic acids is 1. The zero-order valence-corrected chi connectivity index (χ0v) is 21.2. The van der Waals surface area contributed by atoms with Gasteiger partial charge in [-0.25, -0.2) is 9.37 Å². The number of fused-ring (bicyclic) bond motifs is 1. The van der Waals surface area contributed by atoms with Gasteiger partial charge in [0, 0.05) is 49.1 Å². The first-order valence-electron chi connectivity index (χ1n) is 13.1. The van der Waals surface area contributed by atoms with Crippen LogP contribution in [0.25, 0.3) is 22.6 Å². The third kappa shape index (κ3) is 4.81. The van der Waals surface area contributed by atoms with Crippen molar-refractivity contribution in [2.75, 3.05) is 32.7 Å². The maximum Gasteiger partial charge on any atom is 0.225 e. The normalized spacial score (nSPS) is 22.0. The minimum Gasteiger partial charge on any atom is -0.342 e. The van der Waals surface area contributed by atoms with Crippen molar-refractivity contribution < 1.29 is 9.18 Å². The average Bonchev–Trinajstić information content (AvgIpc) is 3.57. The van der Waals surface area contributed by atoms with E-state index in [-0.39, 0.29) is 17.8 Å². The summed E-state index contributed by atoms with van der Waals surface area (Å²) in [5.41, 5.74) is 2.35. The molecule has 8 heteroatoms. The van der Waals surface area contributed by atoms with Gasteiger partial charge < -0.3 is 14.4 Å². The summed E-state index contributed by atoms with van der Waals surface area (Å²) in [5.74, 6) is 0.953. The molecule has 1 atom stereocenters. The maximum atomic E-state index is 13.9. The van der Waals surface area contributed by atoms with Crippen LogP contribution in [-0.4, -0.2) is 68.2 Å². The predicted molar refractivity (Wildman–Crippen MR) is 142 cm³/mol. The minimum atomic E-state index is -0.287. The molecular formula is C28H32FN5OS. The average molecular weight is 506 g/mol. The smallest absolute Gasteiger partial charge is 0.225 e. The quantitative estimate of drug-likeness (QED) is 0.481. The molecule has 1 unspecified atom stereocenters. The summed E-state index contributed by atoms with van der Waals surface area (Å²) in [6.45, 7) is 4.67. The van der Waals surface area contributed by atoms with Gasteiger partial charge in [-0.3, -0.25) is 9.78 Å². The van der Waals surface area contributed by atoms with Crippen molar-refractivity contribution >= 4 is 28.7 Å². The molecule has 1 amide bonds. The summed E-state index contributed by atoms with van der Waals surface area (Å²) in [6, 6.07) is 10.8. The summed E-state index contributed by atoms with van der Waals surface area (Å²) >= 11 is 1.94. The number of nitrogens with zero attached hydrogens (tertiary/aromatic N) is 5. The van der Waals surface area contributed by atoms with Crippen molar-refractivity contribution in [2.45, 2.75) is 43.4 Å². The van der Waals surface area contributed by atoms with Gasteiger partial charge >= 0.3 is 0 Å². The number of rotatable bonds is 5. The summed E-state index contributed by atoms with van der Waals surface area (Å²) in [7, 11) is 0. The molecule has 6 rings (SSSR count). The van der Waals surface area contributed by atoms with Crippen LogP contribution < -0.4 is 0 Å². The van der Waals surface area contributed by atoms with Gasteiger partial charge in [0.15, 0.2) is 5.82 Å². The Morgan fingerprint density at radius 2 is 1.89 bits per heavy atom. The molecule has 0 aliphatic carbocycles. The van der Waals surface area contributed by atoms with Gasteiger partial charge in [0.25, 0.3) is 0 Å². The number of benzene rings is 1. The number of aromatic nitrogens is 3. The van der Waals surface area contributed by atoms with Gasteiger partial charge in [-0.1, -0.05) is 12.1 Å². The third-order valence-electron chi connectivity index (χ3n) is 7.85. The number of halogens is 1. The number of thioether (sulfide) groups is 1. The zero-order chi connectivity index (χ0) is 24.5. The molecule has 0 radical (unpaired) electrons. The summed E-state index contributed by atoms with van der Waals surface area (Å²) in [5, 5.41) is 2.90. The lowest BCUT2D eigenvalue weighted by molar-refractivity contribution is -0.138. The molecule has 188 valence electrons. The fourth-order valence-electron chi connectivity index (χ4n) is 5.92. The van der Waals surface area contributed by atoms with Crippen LogP contribution >= 0.6 is 11.8 Å². The molecule has 3 aromatic rings. The third-order valence-corrected chi connectivity index (χ3v) is 8.93. The second-order valence-electron chi connectivity index (χ2n) is 10.2. The van der Waals surface area contributed by atoms with Crippen LogP contribution in [0.4, 0.5) is 4.39 Å². The number of hydrogen-bond donors (Lipinski definition) is 0. The molecule has 2 saturated heterocycles. The fourth-order valence-corrected chi connectivity index (χ4v) is 6.88. The van der Waals surface area contributed by atoms with E-state index < -0.39 is 0 Å². The zero-order valence-electron chi connectivity index (χ0n) is 20.4. The topological polar surface area (TPSA) is 54.3 Å². The molecule has 0 bridgehead atoms. The van der Waals surface area contributed by atoms with Crippen LogP contribution in [0.15, 0.2) is 54.1 Å².